The van der Waals surface area contributed by atoms with E-state index in [0.717, 1.165) is 60.5 Å². The monoisotopic (exact) mass is 645 g/mol. The minimum atomic E-state index is -0.415. The van der Waals surface area contributed by atoms with Crippen molar-refractivity contribution in [3.63, 3.8) is 0 Å². The highest BCUT2D eigenvalue weighted by Gasteiger charge is 2.18. The summed E-state index contributed by atoms with van der Waals surface area (Å²) in [4.78, 5) is 14.7. The van der Waals surface area contributed by atoms with Gasteiger partial charge in [0, 0.05) is 50.0 Å². The van der Waals surface area contributed by atoms with Crippen LogP contribution in [0.1, 0.15) is 6.85 Å². The van der Waals surface area contributed by atoms with Gasteiger partial charge >= 0.3 is 0 Å². The molecule has 3 heterocycles. The van der Waals surface area contributed by atoms with Crippen LogP contribution in [-0.4, -0.2) is 19.5 Å². The summed E-state index contributed by atoms with van der Waals surface area (Å²) in [5.41, 5.74) is 7.40. The van der Waals surface area contributed by atoms with Gasteiger partial charge in [-0.15, -0.1) is 0 Å². The Balaban J connectivity index is 1.13. The summed E-state index contributed by atoms with van der Waals surface area (Å²) in [7, 11) is 0. The zero-order valence-corrected chi connectivity index (χ0v) is 26.5. The Morgan fingerprint density at radius 3 is 1.86 bits per heavy atom. The van der Waals surface area contributed by atoms with Gasteiger partial charge in [-0.25, -0.2) is 15.0 Å². The Labute approximate surface area is 294 Å². The quantitative estimate of drug-likeness (QED) is 0.187. The average molecular weight is 646 g/mol. The molecule has 10 aromatic rings. The lowest BCUT2D eigenvalue weighted by atomic mass is 9.99. The van der Waals surface area contributed by atoms with E-state index in [9.17, 15) is 0 Å². The van der Waals surface area contributed by atoms with Gasteiger partial charge in [-0.1, -0.05) is 121 Å². The standard InChI is InChI=1S/C45H28N4O/c1-4-13-29(14-5-1)34-20-12-22-39-42(34)36-19-10-11-21-38(36)49(39)33-24-25-35-37-27-32(23-26-40(37)50-41(35)28-33)45-47-43(30-15-6-2-7-16-30)46-44(48-45)31-17-8-3-9-18-31/h1-28H/i1D,4D,5D,13D,14D. The van der Waals surface area contributed by atoms with E-state index in [-0.39, 0.29) is 29.7 Å². The topological polar surface area (TPSA) is 56.7 Å². The normalized spacial score (nSPS) is 13.0. The molecular formula is C45H28N4O. The van der Waals surface area contributed by atoms with E-state index in [2.05, 4.69) is 22.8 Å². The van der Waals surface area contributed by atoms with E-state index in [1.165, 1.54) is 0 Å². The van der Waals surface area contributed by atoms with Crippen molar-refractivity contribution < 1.29 is 11.3 Å². The van der Waals surface area contributed by atoms with Crippen molar-refractivity contribution in [3.05, 3.63) is 170 Å². The lowest BCUT2D eigenvalue weighted by molar-refractivity contribution is 0.668. The number of benzene rings is 7. The molecule has 234 valence electrons. The van der Waals surface area contributed by atoms with Crippen LogP contribution in [0.15, 0.2) is 174 Å². The summed E-state index contributed by atoms with van der Waals surface area (Å²) in [6.07, 6.45) is 0. The predicted octanol–water partition coefficient (Wildman–Crippen LogP) is 11.5. The number of hydrogen-bond donors (Lipinski definition) is 0. The number of rotatable bonds is 5. The van der Waals surface area contributed by atoms with Gasteiger partial charge in [0.25, 0.3) is 0 Å². The highest BCUT2D eigenvalue weighted by Crippen LogP contribution is 2.40. The summed E-state index contributed by atoms with van der Waals surface area (Å²) < 4.78 is 50.9. The number of furan rings is 1. The zero-order chi connectivity index (χ0) is 37.4. The number of nitrogens with zero attached hydrogens (tertiary/aromatic N) is 4. The third-order valence-electron chi connectivity index (χ3n) is 9.14. The molecule has 0 unspecified atom stereocenters. The summed E-state index contributed by atoms with van der Waals surface area (Å²) in [6, 6.07) is 43.9. The van der Waals surface area contributed by atoms with E-state index in [4.69, 9.17) is 26.2 Å². The minimum absolute atomic E-state index is 0.174. The van der Waals surface area contributed by atoms with E-state index in [0.29, 0.717) is 28.6 Å². The van der Waals surface area contributed by atoms with Crippen molar-refractivity contribution in [2.24, 2.45) is 0 Å². The molecule has 5 nitrogen and oxygen atoms in total. The maximum Gasteiger partial charge on any atom is 0.164 e. The van der Waals surface area contributed by atoms with Gasteiger partial charge in [-0.05, 0) is 53.6 Å². The Morgan fingerprint density at radius 2 is 1.12 bits per heavy atom. The van der Waals surface area contributed by atoms with E-state index in [1.54, 1.807) is 0 Å². The van der Waals surface area contributed by atoms with Crippen LogP contribution in [0, 0.1) is 0 Å². The van der Waals surface area contributed by atoms with E-state index >= 15 is 0 Å². The van der Waals surface area contributed by atoms with Crippen LogP contribution in [-0.2, 0) is 0 Å². The van der Waals surface area contributed by atoms with Gasteiger partial charge in [0.15, 0.2) is 17.5 Å². The maximum absolute atomic E-state index is 8.74. The van der Waals surface area contributed by atoms with Gasteiger partial charge < -0.3 is 8.98 Å². The smallest absolute Gasteiger partial charge is 0.164 e. The first-order chi connectivity index (χ1) is 26.9. The molecule has 0 aliphatic heterocycles. The molecule has 0 aliphatic carbocycles. The maximum atomic E-state index is 8.74. The van der Waals surface area contributed by atoms with Crippen LogP contribution in [0.5, 0.6) is 0 Å². The lowest BCUT2D eigenvalue weighted by Crippen LogP contribution is -2.00. The summed E-state index contributed by atoms with van der Waals surface area (Å²) in [5.74, 6) is 1.74. The summed E-state index contributed by atoms with van der Waals surface area (Å²) in [6.45, 7) is 0. The highest BCUT2D eigenvalue weighted by atomic mass is 16.3. The van der Waals surface area contributed by atoms with Crippen LogP contribution in [0.25, 0.3) is 94.7 Å². The SMILES string of the molecule is [2H]c1c([2H])c([2H])c(-c2cccc3c2c2ccccc2n3-c2ccc3c(c2)oc2ccc(-c4nc(-c5ccccc5)nc(-c5ccccc5)n4)cc23)c([2H])c1[2H]. The van der Waals surface area contributed by atoms with Crippen molar-refractivity contribution in [2.45, 2.75) is 0 Å². The summed E-state index contributed by atoms with van der Waals surface area (Å²) in [5, 5.41) is 3.55. The second-order valence-corrected chi connectivity index (χ2v) is 12.1. The highest BCUT2D eigenvalue weighted by molar-refractivity contribution is 6.16. The Kier molecular flexibility index (Phi) is 5.35. The van der Waals surface area contributed by atoms with Crippen LogP contribution in [0.2, 0.25) is 0 Å². The second-order valence-electron chi connectivity index (χ2n) is 12.1. The third kappa shape index (κ3) is 4.60. The van der Waals surface area contributed by atoms with Gasteiger partial charge in [0.1, 0.15) is 11.2 Å². The fourth-order valence-corrected chi connectivity index (χ4v) is 6.87. The fourth-order valence-electron chi connectivity index (χ4n) is 6.87. The predicted molar refractivity (Wildman–Crippen MR) is 203 cm³/mol. The Morgan fingerprint density at radius 1 is 0.460 bits per heavy atom. The Hall–Kier alpha value is -6.85. The van der Waals surface area contributed by atoms with Gasteiger partial charge in [-0.2, -0.15) is 0 Å². The van der Waals surface area contributed by atoms with Crippen molar-refractivity contribution in [1.82, 2.24) is 19.5 Å². The molecule has 5 heteroatoms. The number of aromatic nitrogens is 4. The molecule has 0 amide bonds. The van der Waals surface area contributed by atoms with Gasteiger partial charge in [-0.3, -0.25) is 0 Å². The first kappa shape index (κ1) is 23.5. The molecule has 0 radical (unpaired) electrons. The average Bonchev–Trinajstić information content (AvgIpc) is 3.78. The molecular weight excluding hydrogens is 613 g/mol. The first-order valence-electron chi connectivity index (χ1n) is 18.8. The molecule has 0 N–H and O–H groups in total. The third-order valence-corrected chi connectivity index (χ3v) is 9.14. The van der Waals surface area contributed by atoms with Crippen LogP contribution < -0.4 is 0 Å². The molecule has 0 saturated heterocycles. The zero-order valence-electron chi connectivity index (χ0n) is 31.5. The largest absolute Gasteiger partial charge is 0.456 e. The molecule has 0 spiro atoms. The minimum Gasteiger partial charge on any atom is -0.456 e. The van der Waals surface area contributed by atoms with E-state index < -0.39 is 6.04 Å². The molecule has 50 heavy (non-hydrogen) atoms. The molecule has 0 saturated carbocycles. The molecule has 0 fully saturated rings. The molecule has 3 aromatic heterocycles. The van der Waals surface area contributed by atoms with E-state index in [1.807, 2.05) is 121 Å². The number of fused-ring (bicyclic) bond motifs is 6. The van der Waals surface area contributed by atoms with Crippen molar-refractivity contribution in [2.75, 3.05) is 0 Å². The van der Waals surface area contributed by atoms with Gasteiger partial charge in [0.05, 0.1) is 17.9 Å². The van der Waals surface area contributed by atoms with Crippen LogP contribution in [0.3, 0.4) is 0 Å². The van der Waals surface area contributed by atoms with Crippen molar-refractivity contribution in [1.29, 1.82) is 0 Å². The van der Waals surface area contributed by atoms with Crippen molar-refractivity contribution in [3.8, 4) is 51.0 Å². The second kappa shape index (κ2) is 11.4. The molecule has 0 atom stereocenters. The molecule has 7 aromatic carbocycles. The lowest BCUT2D eigenvalue weighted by Gasteiger charge is -2.09. The van der Waals surface area contributed by atoms with Crippen LogP contribution in [0.4, 0.5) is 0 Å². The first-order valence-corrected chi connectivity index (χ1v) is 16.3. The molecule has 0 aliphatic rings. The molecule has 0 bridgehead atoms. The van der Waals surface area contributed by atoms with Crippen molar-refractivity contribution >= 4 is 43.7 Å². The number of para-hydroxylation sites is 1. The van der Waals surface area contributed by atoms with Crippen LogP contribution >= 0.6 is 0 Å². The summed E-state index contributed by atoms with van der Waals surface area (Å²) >= 11 is 0. The molecule has 10 rings (SSSR count). The van der Waals surface area contributed by atoms with Gasteiger partial charge in [0.2, 0.25) is 0 Å². The number of hydrogen-bond acceptors (Lipinski definition) is 4. The Bertz CT molecular complexity index is 3070. The fraction of sp³-hybridized carbons (Fsp3) is 0.